The van der Waals surface area contributed by atoms with E-state index in [9.17, 15) is 9.90 Å². The van der Waals surface area contributed by atoms with Gasteiger partial charge in [0.05, 0.1) is 6.10 Å². The number of amides is 1. The number of aryl methyl sites for hydroxylation is 2. The van der Waals surface area contributed by atoms with Gasteiger partial charge in [0.15, 0.2) is 0 Å². The molecule has 31 heavy (non-hydrogen) atoms. The standard InChI is InChI=1S/C24H37N5O2/c1-6-10-29-19(4)23(26-20(29)5)24(31)25-15-21(30)16-27-11-13-28(14-12-27)22-9-7-8-17(2)18(22)3/h7-9,21,30H,6,10-16H2,1-5H3,(H,25,31). The number of nitrogens with zero attached hydrogens (tertiary/aromatic N) is 4. The molecule has 7 heteroatoms. The zero-order chi connectivity index (χ0) is 22.5. The summed E-state index contributed by atoms with van der Waals surface area (Å²) in [6, 6.07) is 6.45. The number of benzene rings is 1. The average Bonchev–Trinajstić information content (AvgIpc) is 3.03. The van der Waals surface area contributed by atoms with E-state index in [1.807, 2.05) is 13.8 Å². The molecule has 1 aromatic heterocycles. The lowest BCUT2D eigenvalue weighted by Crippen LogP contribution is -2.50. The highest BCUT2D eigenvalue weighted by atomic mass is 16.3. The highest BCUT2D eigenvalue weighted by molar-refractivity contribution is 5.93. The number of carbonyl (C=O) groups excluding carboxylic acids is 1. The van der Waals surface area contributed by atoms with Gasteiger partial charge in [-0.1, -0.05) is 19.1 Å². The van der Waals surface area contributed by atoms with Crippen LogP contribution in [0.1, 0.15) is 46.5 Å². The Kier molecular flexibility index (Phi) is 7.73. The van der Waals surface area contributed by atoms with Crippen LogP contribution in [0.15, 0.2) is 18.2 Å². The number of aromatic nitrogens is 2. The SMILES string of the molecule is CCCn1c(C)nc(C(=O)NCC(O)CN2CCN(c3cccc(C)c3C)CC2)c1C. The quantitative estimate of drug-likeness (QED) is 0.677. The number of hydrogen-bond donors (Lipinski definition) is 2. The monoisotopic (exact) mass is 427 g/mol. The molecule has 0 spiro atoms. The molecule has 1 unspecified atom stereocenters. The third kappa shape index (κ3) is 5.46. The van der Waals surface area contributed by atoms with E-state index in [-0.39, 0.29) is 12.5 Å². The minimum Gasteiger partial charge on any atom is -0.390 e. The van der Waals surface area contributed by atoms with Gasteiger partial charge in [-0.05, 0) is 51.3 Å². The molecule has 0 bridgehead atoms. The van der Waals surface area contributed by atoms with E-state index in [0.717, 1.165) is 50.7 Å². The molecule has 170 valence electrons. The summed E-state index contributed by atoms with van der Waals surface area (Å²) in [7, 11) is 0. The van der Waals surface area contributed by atoms with Gasteiger partial charge in [0.25, 0.3) is 5.91 Å². The maximum absolute atomic E-state index is 12.6. The molecule has 0 aliphatic carbocycles. The van der Waals surface area contributed by atoms with Crippen LogP contribution in [0.25, 0.3) is 0 Å². The van der Waals surface area contributed by atoms with Crippen LogP contribution in [0.5, 0.6) is 0 Å². The van der Waals surface area contributed by atoms with Gasteiger partial charge in [0, 0.05) is 57.2 Å². The Balaban J connectivity index is 1.47. The highest BCUT2D eigenvalue weighted by Crippen LogP contribution is 2.23. The van der Waals surface area contributed by atoms with Crippen LogP contribution in [0.4, 0.5) is 5.69 Å². The molecular formula is C24H37N5O2. The second-order valence-corrected chi connectivity index (χ2v) is 8.62. The van der Waals surface area contributed by atoms with Crippen molar-refractivity contribution >= 4 is 11.6 Å². The van der Waals surface area contributed by atoms with Gasteiger partial charge in [-0.3, -0.25) is 9.69 Å². The van der Waals surface area contributed by atoms with Crippen LogP contribution in [-0.4, -0.2) is 70.8 Å². The summed E-state index contributed by atoms with van der Waals surface area (Å²) in [4.78, 5) is 21.7. The number of aliphatic hydroxyl groups is 1. The number of anilines is 1. The van der Waals surface area contributed by atoms with E-state index in [1.165, 1.54) is 16.8 Å². The Morgan fingerprint density at radius 3 is 2.55 bits per heavy atom. The summed E-state index contributed by atoms with van der Waals surface area (Å²) in [5.74, 6) is 0.640. The van der Waals surface area contributed by atoms with Gasteiger partial charge in [0.1, 0.15) is 11.5 Å². The molecule has 1 aliphatic heterocycles. The molecule has 2 heterocycles. The average molecular weight is 428 g/mol. The zero-order valence-electron chi connectivity index (χ0n) is 19.6. The molecule has 0 radical (unpaired) electrons. The fourth-order valence-corrected chi connectivity index (χ4v) is 4.35. The number of β-amino-alcohol motifs (C(OH)–C–C–N with tert-alkyl or cyclic N) is 1. The Labute approximate surface area is 186 Å². The predicted molar refractivity (Wildman–Crippen MR) is 125 cm³/mol. The summed E-state index contributed by atoms with van der Waals surface area (Å²) in [6.07, 6.45) is 0.393. The minimum absolute atomic E-state index is 0.214. The Bertz CT molecular complexity index is 900. The van der Waals surface area contributed by atoms with Crippen LogP contribution in [0.2, 0.25) is 0 Å². The number of imidazole rings is 1. The second kappa shape index (κ2) is 10.3. The summed E-state index contributed by atoms with van der Waals surface area (Å²) >= 11 is 0. The highest BCUT2D eigenvalue weighted by Gasteiger charge is 2.22. The van der Waals surface area contributed by atoms with Crippen LogP contribution >= 0.6 is 0 Å². The molecule has 2 aromatic rings. The van der Waals surface area contributed by atoms with Gasteiger partial charge in [0.2, 0.25) is 0 Å². The van der Waals surface area contributed by atoms with E-state index < -0.39 is 6.10 Å². The van der Waals surface area contributed by atoms with E-state index >= 15 is 0 Å². The molecule has 1 atom stereocenters. The van der Waals surface area contributed by atoms with E-state index in [0.29, 0.717) is 12.2 Å². The van der Waals surface area contributed by atoms with E-state index in [1.54, 1.807) is 0 Å². The number of nitrogens with one attached hydrogen (secondary N) is 1. The van der Waals surface area contributed by atoms with Crippen molar-refractivity contribution in [2.75, 3.05) is 44.2 Å². The van der Waals surface area contributed by atoms with E-state index in [2.05, 4.69) is 63.6 Å². The maximum Gasteiger partial charge on any atom is 0.271 e. The third-order valence-electron chi connectivity index (χ3n) is 6.33. The van der Waals surface area contributed by atoms with Crippen molar-refractivity contribution in [2.24, 2.45) is 0 Å². The Morgan fingerprint density at radius 2 is 1.87 bits per heavy atom. The predicted octanol–water partition coefficient (Wildman–Crippen LogP) is 2.44. The zero-order valence-corrected chi connectivity index (χ0v) is 19.6. The Morgan fingerprint density at radius 1 is 1.16 bits per heavy atom. The largest absolute Gasteiger partial charge is 0.390 e. The number of hydrogen-bond acceptors (Lipinski definition) is 5. The summed E-state index contributed by atoms with van der Waals surface area (Å²) in [6.45, 7) is 15.6. The van der Waals surface area contributed by atoms with Crippen molar-refractivity contribution < 1.29 is 9.90 Å². The normalized spacial score (nSPS) is 15.9. The Hall–Kier alpha value is -2.38. The molecule has 3 rings (SSSR count). The lowest BCUT2D eigenvalue weighted by atomic mass is 10.1. The van der Waals surface area contributed by atoms with Crippen molar-refractivity contribution in [3.63, 3.8) is 0 Å². The van der Waals surface area contributed by atoms with Crippen LogP contribution in [-0.2, 0) is 6.54 Å². The first-order chi connectivity index (χ1) is 14.8. The maximum atomic E-state index is 12.6. The molecular weight excluding hydrogens is 390 g/mol. The van der Waals surface area contributed by atoms with Crippen LogP contribution in [0.3, 0.4) is 0 Å². The number of piperazine rings is 1. The molecule has 1 amide bonds. The number of aliphatic hydroxyl groups excluding tert-OH is 1. The number of carbonyl (C=O) groups is 1. The van der Waals surface area contributed by atoms with Gasteiger partial charge < -0.3 is 19.9 Å². The molecule has 1 aliphatic rings. The smallest absolute Gasteiger partial charge is 0.271 e. The summed E-state index contributed by atoms with van der Waals surface area (Å²) in [5, 5.41) is 13.3. The second-order valence-electron chi connectivity index (χ2n) is 8.62. The van der Waals surface area contributed by atoms with Crippen LogP contribution < -0.4 is 10.2 Å². The fourth-order valence-electron chi connectivity index (χ4n) is 4.35. The fraction of sp³-hybridized carbons (Fsp3) is 0.583. The van der Waals surface area contributed by atoms with Crippen LogP contribution in [0, 0.1) is 27.7 Å². The first-order valence-electron chi connectivity index (χ1n) is 11.3. The third-order valence-corrected chi connectivity index (χ3v) is 6.33. The topological polar surface area (TPSA) is 73.6 Å². The number of rotatable bonds is 8. The molecule has 2 N–H and O–H groups in total. The lowest BCUT2D eigenvalue weighted by molar-refractivity contribution is 0.0847. The van der Waals surface area contributed by atoms with Crippen molar-refractivity contribution in [1.82, 2.24) is 19.8 Å². The van der Waals surface area contributed by atoms with Gasteiger partial charge >= 0.3 is 0 Å². The van der Waals surface area contributed by atoms with Gasteiger partial charge in [-0.2, -0.15) is 0 Å². The molecule has 1 fully saturated rings. The molecule has 0 saturated carbocycles. The minimum atomic E-state index is -0.602. The lowest BCUT2D eigenvalue weighted by Gasteiger charge is -2.37. The molecule has 7 nitrogen and oxygen atoms in total. The van der Waals surface area contributed by atoms with Crippen molar-refractivity contribution in [3.8, 4) is 0 Å². The van der Waals surface area contributed by atoms with Gasteiger partial charge in [-0.25, -0.2) is 4.98 Å². The van der Waals surface area contributed by atoms with E-state index in [4.69, 9.17) is 0 Å². The first kappa shape index (κ1) is 23.3. The van der Waals surface area contributed by atoms with Gasteiger partial charge in [-0.15, -0.1) is 0 Å². The van der Waals surface area contributed by atoms with Crippen molar-refractivity contribution in [1.29, 1.82) is 0 Å². The van der Waals surface area contributed by atoms with Crippen molar-refractivity contribution in [2.45, 2.75) is 53.7 Å². The van der Waals surface area contributed by atoms with Crippen molar-refractivity contribution in [3.05, 3.63) is 46.5 Å². The summed E-state index contributed by atoms with van der Waals surface area (Å²) in [5.41, 5.74) is 5.30. The molecule has 1 saturated heterocycles. The summed E-state index contributed by atoms with van der Waals surface area (Å²) < 4.78 is 2.07. The molecule has 1 aromatic carbocycles. The first-order valence-corrected chi connectivity index (χ1v) is 11.3.